The van der Waals surface area contributed by atoms with Crippen molar-refractivity contribution >= 4 is 24.3 Å². The number of nitrogens with zero attached hydrogens (tertiary/aromatic N) is 2. The number of halogens is 1. The van der Waals surface area contributed by atoms with Crippen molar-refractivity contribution in [3.63, 3.8) is 0 Å². The van der Waals surface area contributed by atoms with E-state index in [1.807, 2.05) is 4.90 Å². The van der Waals surface area contributed by atoms with Crippen LogP contribution in [0.5, 0.6) is 0 Å². The van der Waals surface area contributed by atoms with E-state index in [2.05, 4.69) is 15.0 Å². The Morgan fingerprint density at radius 2 is 1.71 bits per heavy atom. The van der Waals surface area contributed by atoms with Crippen molar-refractivity contribution in [2.45, 2.75) is 12.5 Å². The Labute approximate surface area is 148 Å². The summed E-state index contributed by atoms with van der Waals surface area (Å²) < 4.78 is 4.67. The molecule has 0 radical (unpaired) electrons. The van der Waals surface area contributed by atoms with E-state index < -0.39 is 0 Å². The number of carbonyl (C=O) groups excluding carboxylic acids is 2. The minimum Gasteiger partial charge on any atom is -0.465 e. The molecule has 0 bridgehead atoms. The summed E-state index contributed by atoms with van der Waals surface area (Å²) in [6.07, 6.45) is 1.03. The molecule has 0 aliphatic carbocycles. The molecular weight excluding hydrogens is 330 g/mol. The zero-order valence-electron chi connectivity index (χ0n) is 13.9. The van der Waals surface area contributed by atoms with Gasteiger partial charge in [-0.15, -0.1) is 12.4 Å². The summed E-state index contributed by atoms with van der Waals surface area (Å²) in [5.41, 5.74) is 1.09. The Bertz CT molecular complexity index is 573. The van der Waals surface area contributed by atoms with Gasteiger partial charge in [0.2, 0.25) is 0 Å². The van der Waals surface area contributed by atoms with Crippen LogP contribution in [0.2, 0.25) is 0 Å². The fourth-order valence-corrected chi connectivity index (χ4v) is 3.32. The number of methoxy groups -OCH3 is 1. The summed E-state index contributed by atoms with van der Waals surface area (Å²) in [6.45, 7) is 5.75. The lowest BCUT2D eigenvalue weighted by atomic mass is 10.1. The first-order chi connectivity index (χ1) is 11.2. The number of benzene rings is 1. The van der Waals surface area contributed by atoms with E-state index in [4.69, 9.17) is 0 Å². The molecule has 2 saturated heterocycles. The number of amides is 1. The van der Waals surface area contributed by atoms with Crippen molar-refractivity contribution in [2.75, 3.05) is 46.4 Å². The monoisotopic (exact) mass is 353 g/mol. The highest BCUT2D eigenvalue weighted by Crippen LogP contribution is 2.19. The lowest BCUT2D eigenvalue weighted by Crippen LogP contribution is -2.49. The average molecular weight is 354 g/mol. The molecule has 0 spiro atoms. The van der Waals surface area contributed by atoms with Crippen LogP contribution in [-0.2, 0) is 4.74 Å². The van der Waals surface area contributed by atoms with E-state index in [1.165, 1.54) is 7.11 Å². The van der Waals surface area contributed by atoms with Gasteiger partial charge in [-0.2, -0.15) is 0 Å². The van der Waals surface area contributed by atoms with E-state index in [0.29, 0.717) is 17.2 Å². The van der Waals surface area contributed by atoms with Gasteiger partial charge >= 0.3 is 5.97 Å². The molecular formula is C17H24ClN3O3. The van der Waals surface area contributed by atoms with Crippen LogP contribution in [0.4, 0.5) is 0 Å². The van der Waals surface area contributed by atoms with E-state index in [-0.39, 0.29) is 24.3 Å². The van der Waals surface area contributed by atoms with Crippen LogP contribution >= 0.6 is 12.4 Å². The maximum Gasteiger partial charge on any atom is 0.337 e. The lowest BCUT2D eigenvalue weighted by Gasteiger charge is -2.32. The highest BCUT2D eigenvalue weighted by Gasteiger charge is 2.31. The van der Waals surface area contributed by atoms with Gasteiger partial charge in [0.05, 0.1) is 12.7 Å². The molecule has 2 heterocycles. The summed E-state index contributed by atoms with van der Waals surface area (Å²) in [7, 11) is 1.35. The van der Waals surface area contributed by atoms with Crippen molar-refractivity contribution in [2.24, 2.45) is 0 Å². The van der Waals surface area contributed by atoms with Gasteiger partial charge in [0.25, 0.3) is 5.91 Å². The van der Waals surface area contributed by atoms with Crippen LogP contribution in [0.3, 0.4) is 0 Å². The van der Waals surface area contributed by atoms with Crippen LogP contribution in [0.1, 0.15) is 27.1 Å². The second-order valence-corrected chi connectivity index (χ2v) is 6.05. The van der Waals surface area contributed by atoms with Gasteiger partial charge in [-0.25, -0.2) is 4.79 Å². The average Bonchev–Trinajstić information content (AvgIpc) is 3.11. The van der Waals surface area contributed by atoms with E-state index in [1.54, 1.807) is 24.3 Å². The van der Waals surface area contributed by atoms with Gasteiger partial charge in [-0.3, -0.25) is 9.69 Å². The summed E-state index contributed by atoms with van der Waals surface area (Å²) in [5, 5.41) is 3.36. The second-order valence-electron chi connectivity index (χ2n) is 6.05. The molecule has 1 aromatic rings. The lowest BCUT2D eigenvalue weighted by molar-refractivity contribution is 0.0600. The van der Waals surface area contributed by atoms with Gasteiger partial charge in [-0.05, 0) is 30.7 Å². The normalized spacial score (nSPS) is 21.2. The molecule has 0 saturated carbocycles. The number of piperazine rings is 1. The first kappa shape index (κ1) is 18.7. The van der Waals surface area contributed by atoms with E-state index >= 15 is 0 Å². The van der Waals surface area contributed by atoms with Crippen molar-refractivity contribution in [1.29, 1.82) is 0 Å². The Morgan fingerprint density at radius 3 is 2.33 bits per heavy atom. The Balaban J connectivity index is 0.00000208. The summed E-state index contributed by atoms with van der Waals surface area (Å²) >= 11 is 0. The molecule has 1 atom stereocenters. The van der Waals surface area contributed by atoms with Crippen molar-refractivity contribution in [3.05, 3.63) is 35.4 Å². The smallest absolute Gasteiger partial charge is 0.337 e. The zero-order chi connectivity index (χ0) is 16.2. The molecule has 2 aliphatic heterocycles. The van der Waals surface area contributed by atoms with Gasteiger partial charge in [-0.1, -0.05) is 0 Å². The fourth-order valence-electron chi connectivity index (χ4n) is 3.32. The molecule has 7 heteroatoms. The molecule has 0 aromatic heterocycles. The molecule has 132 valence electrons. The Kier molecular flexibility index (Phi) is 6.60. The fraction of sp³-hybridized carbons (Fsp3) is 0.529. The molecule has 6 nitrogen and oxygen atoms in total. The van der Waals surface area contributed by atoms with Gasteiger partial charge in [0, 0.05) is 50.9 Å². The molecule has 2 fully saturated rings. The minimum atomic E-state index is -0.385. The molecule has 1 amide bonds. The number of nitrogens with one attached hydrogen (secondary N) is 1. The molecule has 2 aliphatic rings. The van der Waals surface area contributed by atoms with Gasteiger partial charge in [0.15, 0.2) is 0 Å². The SMILES string of the molecule is COC(=O)c1ccc(C(=O)N2CCC(N3CCNCC3)C2)cc1.Cl. The molecule has 1 aromatic carbocycles. The van der Waals surface area contributed by atoms with Crippen molar-refractivity contribution < 1.29 is 14.3 Å². The van der Waals surface area contributed by atoms with E-state index in [9.17, 15) is 9.59 Å². The topological polar surface area (TPSA) is 61.9 Å². The third kappa shape index (κ3) is 4.06. The van der Waals surface area contributed by atoms with Gasteiger partial charge in [0.1, 0.15) is 0 Å². The maximum atomic E-state index is 12.6. The Hall–Kier alpha value is -1.63. The van der Waals surface area contributed by atoms with Crippen LogP contribution in [0, 0.1) is 0 Å². The number of carbonyl (C=O) groups is 2. The van der Waals surface area contributed by atoms with Crippen LogP contribution < -0.4 is 5.32 Å². The predicted molar refractivity (Wildman–Crippen MR) is 93.8 cm³/mol. The summed E-state index contributed by atoms with van der Waals surface area (Å²) in [5.74, 6) is -0.344. The number of rotatable bonds is 3. The number of esters is 1. The number of ether oxygens (including phenoxy) is 1. The molecule has 1 N–H and O–H groups in total. The van der Waals surface area contributed by atoms with Crippen LogP contribution in [0.15, 0.2) is 24.3 Å². The summed E-state index contributed by atoms with van der Waals surface area (Å²) in [6, 6.07) is 7.15. The van der Waals surface area contributed by atoms with Crippen LogP contribution in [0.25, 0.3) is 0 Å². The van der Waals surface area contributed by atoms with Crippen LogP contribution in [-0.4, -0.2) is 74.1 Å². The quantitative estimate of drug-likeness (QED) is 0.822. The highest BCUT2D eigenvalue weighted by molar-refractivity contribution is 5.96. The maximum absolute atomic E-state index is 12.6. The molecule has 1 unspecified atom stereocenters. The first-order valence-electron chi connectivity index (χ1n) is 8.11. The van der Waals surface area contributed by atoms with E-state index in [0.717, 1.165) is 45.7 Å². The largest absolute Gasteiger partial charge is 0.465 e. The molecule has 24 heavy (non-hydrogen) atoms. The summed E-state index contributed by atoms with van der Waals surface area (Å²) in [4.78, 5) is 28.4. The third-order valence-corrected chi connectivity index (χ3v) is 4.67. The third-order valence-electron chi connectivity index (χ3n) is 4.67. The standard InChI is InChI=1S/C17H23N3O3.ClH/c1-23-17(22)14-4-2-13(3-5-14)16(21)20-9-6-15(12-20)19-10-7-18-8-11-19;/h2-5,15,18H,6-12H2,1H3;1H. The number of likely N-dealkylation sites (tertiary alicyclic amines) is 1. The number of hydrogen-bond donors (Lipinski definition) is 1. The second kappa shape index (κ2) is 8.46. The minimum absolute atomic E-state index is 0. The van der Waals surface area contributed by atoms with Crippen molar-refractivity contribution in [3.8, 4) is 0 Å². The predicted octanol–water partition coefficient (Wildman–Crippen LogP) is 1.01. The Morgan fingerprint density at radius 1 is 1.08 bits per heavy atom. The first-order valence-corrected chi connectivity index (χ1v) is 8.11. The number of hydrogen-bond acceptors (Lipinski definition) is 5. The molecule has 3 rings (SSSR count). The van der Waals surface area contributed by atoms with Crippen molar-refractivity contribution in [1.82, 2.24) is 15.1 Å². The zero-order valence-corrected chi connectivity index (χ0v) is 14.7. The van der Waals surface area contributed by atoms with Gasteiger partial charge < -0.3 is 15.0 Å². The highest BCUT2D eigenvalue weighted by atomic mass is 35.5.